The molecule has 5 nitrogen and oxygen atoms in total. The van der Waals surface area contributed by atoms with Crippen LogP contribution in [0.4, 0.5) is 14.5 Å². The number of hydrazine groups is 1. The Bertz CT molecular complexity index is 767. The van der Waals surface area contributed by atoms with Crippen LogP contribution in [0.5, 0.6) is 0 Å². The molecule has 0 aliphatic heterocycles. The Morgan fingerprint density at radius 1 is 1.22 bits per heavy atom. The van der Waals surface area contributed by atoms with Gasteiger partial charge in [0, 0.05) is 34.4 Å². The number of amides is 1. The van der Waals surface area contributed by atoms with E-state index >= 15 is 0 Å². The van der Waals surface area contributed by atoms with E-state index in [1.165, 1.54) is 24.3 Å². The Morgan fingerprint density at radius 2 is 1.96 bits per heavy atom. The Labute approximate surface area is 135 Å². The van der Waals surface area contributed by atoms with Gasteiger partial charge >= 0.3 is 0 Å². The molecular formula is C15H13ClF2N4O. The van der Waals surface area contributed by atoms with Crippen molar-refractivity contribution in [2.24, 2.45) is 5.84 Å². The van der Waals surface area contributed by atoms with Crippen LogP contribution in [0.2, 0.25) is 5.02 Å². The van der Waals surface area contributed by atoms with Gasteiger partial charge in [-0.15, -0.1) is 0 Å². The van der Waals surface area contributed by atoms with E-state index in [9.17, 15) is 13.6 Å². The van der Waals surface area contributed by atoms with Gasteiger partial charge in [0.25, 0.3) is 5.91 Å². The number of anilines is 1. The lowest BCUT2D eigenvalue weighted by molar-refractivity contribution is -0.114. The van der Waals surface area contributed by atoms with Crippen LogP contribution in [0.25, 0.3) is 0 Å². The van der Waals surface area contributed by atoms with Crippen LogP contribution < -0.4 is 16.6 Å². The van der Waals surface area contributed by atoms with Crippen molar-refractivity contribution in [1.82, 2.24) is 5.43 Å². The minimum absolute atomic E-state index is 0.0248. The molecule has 0 spiro atoms. The van der Waals surface area contributed by atoms with Gasteiger partial charge in [0.15, 0.2) is 0 Å². The highest BCUT2D eigenvalue weighted by Crippen LogP contribution is 2.23. The lowest BCUT2D eigenvalue weighted by atomic mass is 10.1. The maximum absolute atomic E-state index is 13.6. The van der Waals surface area contributed by atoms with E-state index in [0.29, 0.717) is 10.7 Å². The van der Waals surface area contributed by atoms with Crippen LogP contribution in [0.1, 0.15) is 11.1 Å². The number of nitrogens with two attached hydrogens (primary N) is 1. The standard InChI is InChI=1S/C15H13ClF2N4O/c16-9-2-4-11(14(19)15(23)22-20)13(5-9)21-7-8-1-3-10(17)6-12(8)18/h1-6,19,21H,7,20H2,(H,22,23). The fourth-order valence-electron chi connectivity index (χ4n) is 1.93. The molecule has 2 rings (SSSR count). The van der Waals surface area contributed by atoms with E-state index < -0.39 is 17.5 Å². The summed E-state index contributed by atoms with van der Waals surface area (Å²) in [5, 5.41) is 11.1. The van der Waals surface area contributed by atoms with Crippen LogP contribution >= 0.6 is 11.6 Å². The summed E-state index contributed by atoms with van der Waals surface area (Å²) in [7, 11) is 0. The fraction of sp³-hybridized carbons (Fsp3) is 0.0667. The first-order valence-electron chi connectivity index (χ1n) is 6.49. The van der Waals surface area contributed by atoms with Crippen molar-refractivity contribution in [3.63, 3.8) is 0 Å². The third kappa shape index (κ3) is 4.02. The van der Waals surface area contributed by atoms with Gasteiger partial charge in [-0.3, -0.25) is 15.6 Å². The van der Waals surface area contributed by atoms with E-state index in [-0.39, 0.29) is 23.4 Å². The molecule has 0 atom stereocenters. The number of carbonyl (C=O) groups excluding carboxylic acids is 1. The molecule has 2 aromatic carbocycles. The van der Waals surface area contributed by atoms with Gasteiger partial charge in [0.2, 0.25) is 0 Å². The lowest BCUT2D eigenvalue weighted by Gasteiger charge is -2.13. The molecule has 0 saturated heterocycles. The first kappa shape index (κ1) is 16.9. The summed E-state index contributed by atoms with van der Waals surface area (Å²) in [4.78, 5) is 11.5. The third-order valence-corrected chi connectivity index (χ3v) is 3.33. The van der Waals surface area contributed by atoms with E-state index in [0.717, 1.165) is 12.1 Å². The molecule has 5 N–H and O–H groups in total. The van der Waals surface area contributed by atoms with Crippen molar-refractivity contribution in [3.8, 4) is 0 Å². The SMILES string of the molecule is N=C(C(=O)NN)c1ccc(Cl)cc1NCc1ccc(F)cc1F. The zero-order valence-electron chi connectivity index (χ0n) is 11.8. The summed E-state index contributed by atoms with van der Waals surface area (Å²) in [6, 6.07) is 7.71. The highest BCUT2D eigenvalue weighted by atomic mass is 35.5. The Hall–Kier alpha value is -2.51. The summed E-state index contributed by atoms with van der Waals surface area (Å²) < 4.78 is 26.5. The monoisotopic (exact) mass is 338 g/mol. The smallest absolute Gasteiger partial charge is 0.283 e. The van der Waals surface area contributed by atoms with Gasteiger partial charge < -0.3 is 5.32 Å². The Kier molecular flexibility index (Phi) is 5.25. The molecule has 2 aromatic rings. The highest BCUT2D eigenvalue weighted by molar-refractivity contribution is 6.45. The maximum Gasteiger partial charge on any atom is 0.283 e. The van der Waals surface area contributed by atoms with Crippen molar-refractivity contribution in [1.29, 1.82) is 5.41 Å². The molecule has 23 heavy (non-hydrogen) atoms. The van der Waals surface area contributed by atoms with E-state index in [2.05, 4.69) is 5.32 Å². The van der Waals surface area contributed by atoms with E-state index in [4.69, 9.17) is 22.9 Å². The fourth-order valence-corrected chi connectivity index (χ4v) is 2.10. The number of hydrogen-bond donors (Lipinski definition) is 4. The van der Waals surface area contributed by atoms with E-state index in [1.807, 2.05) is 5.43 Å². The molecule has 8 heteroatoms. The molecule has 0 heterocycles. The first-order valence-corrected chi connectivity index (χ1v) is 6.87. The first-order chi connectivity index (χ1) is 10.9. The molecule has 1 amide bonds. The summed E-state index contributed by atoms with van der Waals surface area (Å²) in [5.74, 6) is 2.87. The van der Waals surface area contributed by atoms with Gasteiger partial charge in [-0.05, 0) is 24.3 Å². The second kappa shape index (κ2) is 7.17. The van der Waals surface area contributed by atoms with E-state index in [1.54, 1.807) is 0 Å². The molecule has 0 unspecified atom stereocenters. The molecule has 0 aliphatic rings. The number of benzene rings is 2. The topological polar surface area (TPSA) is 91.0 Å². The molecular weight excluding hydrogens is 326 g/mol. The lowest BCUT2D eigenvalue weighted by Crippen LogP contribution is -2.36. The van der Waals surface area contributed by atoms with Crippen LogP contribution in [-0.4, -0.2) is 11.6 Å². The van der Waals surface area contributed by atoms with Gasteiger partial charge in [-0.25, -0.2) is 14.6 Å². The molecule has 0 radical (unpaired) electrons. The minimum atomic E-state index is -0.775. The zero-order chi connectivity index (χ0) is 17.0. The molecule has 0 aliphatic carbocycles. The van der Waals surface area contributed by atoms with Crippen LogP contribution in [0.15, 0.2) is 36.4 Å². The van der Waals surface area contributed by atoms with Crippen molar-refractivity contribution in [2.45, 2.75) is 6.54 Å². The quantitative estimate of drug-likeness (QED) is 0.292. The average molecular weight is 339 g/mol. The summed E-state index contributed by atoms with van der Waals surface area (Å²) >= 11 is 5.91. The van der Waals surface area contributed by atoms with Crippen LogP contribution in [0, 0.1) is 17.0 Å². The van der Waals surface area contributed by atoms with Crippen molar-refractivity contribution >= 4 is 28.9 Å². The minimum Gasteiger partial charge on any atom is -0.380 e. The normalized spacial score (nSPS) is 10.3. The van der Waals surface area contributed by atoms with Gasteiger partial charge in [0.05, 0.1) is 0 Å². The maximum atomic E-state index is 13.6. The number of hydrogen-bond acceptors (Lipinski definition) is 4. The summed E-state index contributed by atoms with van der Waals surface area (Å²) in [5.41, 5.74) is 2.33. The highest BCUT2D eigenvalue weighted by Gasteiger charge is 2.15. The van der Waals surface area contributed by atoms with Gasteiger partial charge in [-0.2, -0.15) is 0 Å². The second-order valence-electron chi connectivity index (χ2n) is 4.63. The molecule has 0 saturated carbocycles. The molecule has 120 valence electrons. The second-order valence-corrected chi connectivity index (χ2v) is 5.06. The third-order valence-electron chi connectivity index (χ3n) is 3.09. The summed E-state index contributed by atoms with van der Waals surface area (Å²) in [6.07, 6.45) is 0. The largest absolute Gasteiger partial charge is 0.380 e. The average Bonchev–Trinajstić information content (AvgIpc) is 2.52. The van der Waals surface area contributed by atoms with Crippen molar-refractivity contribution in [2.75, 3.05) is 5.32 Å². The number of rotatable bonds is 5. The van der Waals surface area contributed by atoms with Crippen LogP contribution in [-0.2, 0) is 11.3 Å². The molecule has 0 fully saturated rings. The summed E-state index contributed by atoms with van der Waals surface area (Å²) in [6.45, 7) is 0.0248. The number of nitrogens with one attached hydrogen (secondary N) is 3. The number of halogens is 3. The molecule has 0 bridgehead atoms. The predicted octanol–water partition coefficient (Wildman–Crippen LogP) is 2.59. The number of carbonyl (C=O) groups is 1. The van der Waals surface area contributed by atoms with Crippen LogP contribution in [0.3, 0.4) is 0 Å². The van der Waals surface area contributed by atoms with Crippen molar-refractivity contribution in [3.05, 3.63) is 64.2 Å². The predicted molar refractivity (Wildman–Crippen MR) is 84.3 cm³/mol. The van der Waals surface area contributed by atoms with Gasteiger partial charge in [-0.1, -0.05) is 17.7 Å². The molecule has 0 aromatic heterocycles. The Morgan fingerprint density at radius 3 is 2.61 bits per heavy atom. The van der Waals surface area contributed by atoms with Crippen molar-refractivity contribution < 1.29 is 13.6 Å². The zero-order valence-corrected chi connectivity index (χ0v) is 12.5. The van der Waals surface area contributed by atoms with Gasteiger partial charge in [0.1, 0.15) is 17.3 Å². The Balaban J connectivity index is 2.26.